The summed E-state index contributed by atoms with van der Waals surface area (Å²) in [5.74, 6) is 0. The first kappa shape index (κ1) is 32.3. The van der Waals surface area contributed by atoms with Gasteiger partial charge in [0.05, 0.1) is 0 Å². The van der Waals surface area contributed by atoms with Crippen LogP contribution in [-0.2, 0) is 13.1 Å². The Labute approximate surface area is 287 Å². The lowest BCUT2D eigenvalue weighted by atomic mass is 9.98. The molecule has 2 heterocycles. The number of rotatable bonds is 16. The van der Waals surface area contributed by atoms with Crippen molar-refractivity contribution in [2.24, 2.45) is 0 Å². The quantitative estimate of drug-likeness (QED) is 0.0938. The summed E-state index contributed by atoms with van der Waals surface area (Å²) in [6.45, 7) is 6.76. The Bertz CT molecular complexity index is 1950. The Kier molecular flexibility index (Phi) is 10.3. The van der Waals surface area contributed by atoms with Gasteiger partial charge in [-0.1, -0.05) is 151 Å². The lowest BCUT2D eigenvalue weighted by molar-refractivity contribution is 0.571. The maximum absolute atomic E-state index is 2.55. The van der Waals surface area contributed by atoms with Crippen LogP contribution in [-0.4, -0.2) is 9.13 Å². The third-order valence-corrected chi connectivity index (χ3v) is 10.6. The van der Waals surface area contributed by atoms with E-state index in [0.29, 0.717) is 0 Å². The molecule has 2 heteroatoms. The second-order valence-electron chi connectivity index (χ2n) is 13.9. The van der Waals surface area contributed by atoms with Crippen molar-refractivity contribution in [2.45, 2.75) is 104 Å². The van der Waals surface area contributed by atoms with Gasteiger partial charge in [-0.2, -0.15) is 0 Å². The van der Waals surface area contributed by atoms with E-state index in [1.165, 1.54) is 143 Å². The molecule has 0 aliphatic rings. The molecule has 0 fully saturated rings. The van der Waals surface area contributed by atoms with Gasteiger partial charge in [0.1, 0.15) is 0 Å². The summed E-state index contributed by atoms with van der Waals surface area (Å²) in [6, 6.07) is 41.3. The van der Waals surface area contributed by atoms with Gasteiger partial charge in [0, 0.05) is 56.7 Å². The van der Waals surface area contributed by atoms with Crippen LogP contribution in [0.25, 0.3) is 65.9 Å². The molecule has 0 atom stereocenters. The Balaban J connectivity index is 1.13. The lowest BCUT2D eigenvalue weighted by Gasteiger charge is -2.09. The van der Waals surface area contributed by atoms with Crippen LogP contribution in [0.5, 0.6) is 0 Å². The maximum atomic E-state index is 2.55. The molecule has 0 bridgehead atoms. The molecule has 2 aromatic heterocycles. The van der Waals surface area contributed by atoms with Crippen molar-refractivity contribution in [1.29, 1.82) is 0 Å². The molecule has 5 aromatic carbocycles. The molecule has 0 amide bonds. The van der Waals surface area contributed by atoms with Gasteiger partial charge in [0.2, 0.25) is 0 Å². The van der Waals surface area contributed by atoms with Gasteiger partial charge < -0.3 is 9.13 Å². The summed E-state index contributed by atoms with van der Waals surface area (Å²) in [4.78, 5) is 0. The van der Waals surface area contributed by atoms with Gasteiger partial charge in [-0.15, -0.1) is 0 Å². The molecule has 7 rings (SSSR count). The molecule has 7 aromatic rings. The monoisotopic (exact) mass is 632 g/mol. The van der Waals surface area contributed by atoms with Gasteiger partial charge in [0.25, 0.3) is 0 Å². The summed E-state index contributed by atoms with van der Waals surface area (Å²) < 4.78 is 5.11. The molecule has 0 unspecified atom stereocenters. The minimum Gasteiger partial charge on any atom is -0.340 e. The van der Waals surface area contributed by atoms with E-state index in [9.17, 15) is 0 Å². The Morgan fingerprint density at radius 2 is 0.688 bits per heavy atom. The highest BCUT2D eigenvalue weighted by Crippen LogP contribution is 2.36. The zero-order valence-corrected chi connectivity index (χ0v) is 29.2. The number of aromatic nitrogens is 2. The SMILES string of the molecule is CCCCCCCCn1c2ccccc2c2cc(-c3ccc(-c4ccc5c(c4)c4ccccc4n5CCCCCCCC)cc3)ccc21. The minimum absolute atomic E-state index is 1.09. The van der Waals surface area contributed by atoms with E-state index in [-0.39, 0.29) is 0 Å². The average Bonchev–Trinajstić information content (AvgIpc) is 3.62. The zero-order valence-electron chi connectivity index (χ0n) is 29.2. The molecule has 0 saturated carbocycles. The predicted octanol–water partition coefficient (Wildman–Crippen LogP) is 14.0. The molecule has 0 N–H and O–H groups in total. The highest BCUT2D eigenvalue weighted by Gasteiger charge is 2.14. The molecule has 0 radical (unpaired) electrons. The fourth-order valence-corrected chi connectivity index (χ4v) is 7.90. The molecule has 0 spiro atoms. The van der Waals surface area contributed by atoms with E-state index in [1.54, 1.807) is 0 Å². The highest BCUT2D eigenvalue weighted by atomic mass is 15.0. The number of benzene rings is 5. The van der Waals surface area contributed by atoms with E-state index in [4.69, 9.17) is 0 Å². The fraction of sp³-hybridized carbons (Fsp3) is 0.348. The van der Waals surface area contributed by atoms with E-state index in [2.05, 4.69) is 132 Å². The normalized spacial score (nSPS) is 11.9. The maximum Gasteiger partial charge on any atom is 0.0491 e. The Hall–Kier alpha value is -4.30. The van der Waals surface area contributed by atoms with Crippen molar-refractivity contribution < 1.29 is 0 Å². The largest absolute Gasteiger partial charge is 0.340 e. The molecule has 0 aliphatic carbocycles. The Morgan fingerprint density at radius 3 is 1.12 bits per heavy atom. The number of hydrogen-bond donors (Lipinski definition) is 0. The van der Waals surface area contributed by atoms with Crippen LogP contribution < -0.4 is 0 Å². The van der Waals surface area contributed by atoms with Crippen LogP contribution in [0.2, 0.25) is 0 Å². The van der Waals surface area contributed by atoms with Crippen molar-refractivity contribution in [2.75, 3.05) is 0 Å². The first-order valence-corrected chi connectivity index (χ1v) is 18.9. The number of nitrogens with zero attached hydrogens (tertiary/aromatic N) is 2. The number of para-hydroxylation sites is 2. The van der Waals surface area contributed by atoms with Gasteiger partial charge >= 0.3 is 0 Å². The molecular formula is C46H52N2. The summed E-state index contributed by atoms with van der Waals surface area (Å²) in [7, 11) is 0. The number of fused-ring (bicyclic) bond motifs is 6. The topological polar surface area (TPSA) is 9.86 Å². The van der Waals surface area contributed by atoms with Crippen LogP contribution in [0.1, 0.15) is 90.9 Å². The van der Waals surface area contributed by atoms with Crippen molar-refractivity contribution in [3.05, 3.63) is 109 Å². The van der Waals surface area contributed by atoms with Crippen LogP contribution in [0.15, 0.2) is 109 Å². The Morgan fingerprint density at radius 1 is 0.333 bits per heavy atom. The zero-order chi connectivity index (χ0) is 32.7. The second-order valence-corrected chi connectivity index (χ2v) is 13.9. The first-order chi connectivity index (χ1) is 23.8. The summed E-state index contributed by atoms with van der Waals surface area (Å²) in [6.07, 6.45) is 15.9. The summed E-state index contributed by atoms with van der Waals surface area (Å²) >= 11 is 0. The number of hydrogen-bond acceptors (Lipinski definition) is 0. The average molecular weight is 633 g/mol. The van der Waals surface area contributed by atoms with E-state index < -0.39 is 0 Å². The molecule has 0 aliphatic heterocycles. The van der Waals surface area contributed by atoms with Gasteiger partial charge in [-0.3, -0.25) is 0 Å². The van der Waals surface area contributed by atoms with Gasteiger partial charge in [-0.05, 0) is 71.5 Å². The van der Waals surface area contributed by atoms with Crippen LogP contribution in [0.3, 0.4) is 0 Å². The van der Waals surface area contributed by atoms with Crippen LogP contribution in [0.4, 0.5) is 0 Å². The smallest absolute Gasteiger partial charge is 0.0491 e. The summed E-state index contributed by atoms with van der Waals surface area (Å²) in [5.41, 5.74) is 10.5. The van der Waals surface area contributed by atoms with Crippen molar-refractivity contribution in [1.82, 2.24) is 9.13 Å². The second kappa shape index (κ2) is 15.3. The van der Waals surface area contributed by atoms with Crippen molar-refractivity contribution in [3.63, 3.8) is 0 Å². The summed E-state index contributed by atoms with van der Waals surface area (Å²) in [5, 5.41) is 5.45. The standard InChI is InChI=1S/C46H52N2/c1-3-5-7-9-11-17-31-47-43-21-15-13-19-39(43)41-33-37(27-29-45(41)47)35-23-25-36(26-24-35)38-28-30-46-42(34-38)40-20-14-16-22-44(40)48(46)32-18-12-10-8-6-4-2/h13-16,19-30,33-34H,3-12,17-18,31-32H2,1-2H3. The molecule has 246 valence electrons. The van der Waals surface area contributed by atoms with E-state index in [1.807, 2.05) is 0 Å². The van der Waals surface area contributed by atoms with Gasteiger partial charge in [-0.25, -0.2) is 0 Å². The molecule has 0 saturated heterocycles. The van der Waals surface area contributed by atoms with Gasteiger partial charge in [0.15, 0.2) is 0 Å². The fourth-order valence-electron chi connectivity index (χ4n) is 7.90. The lowest BCUT2D eigenvalue weighted by Crippen LogP contribution is -1.97. The van der Waals surface area contributed by atoms with Crippen molar-refractivity contribution >= 4 is 43.6 Å². The van der Waals surface area contributed by atoms with E-state index >= 15 is 0 Å². The molecule has 48 heavy (non-hydrogen) atoms. The third-order valence-electron chi connectivity index (χ3n) is 10.6. The predicted molar refractivity (Wildman–Crippen MR) is 210 cm³/mol. The number of unbranched alkanes of at least 4 members (excludes halogenated alkanes) is 10. The van der Waals surface area contributed by atoms with E-state index in [0.717, 1.165) is 13.1 Å². The van der Waals surface area contributed by atoms with Crippen LogP contribution in [0, 0.1) is 0 Å². The first-order valence-electron chi connectivity index (χ1n) is 18.9. The molecular weight excluding hydrogens is 581 g/mol. The van der Waals surface area contributed by atoms with Crippen LogP contribution >= 0.6 is 0 Å². The molecule has 2 nitrogen and oxygen atoms in total. The minimum atomic E-state index is 1.09. The highest BCUT2D eigenvalue weighted by molar-refractivity contribution is 6.10. The van der Waals surface area contributed by atoms with Crippen molar-refractivity contribution in [3.8, 4) is 22.3 Å². The number of aryl methyl sites for hydroxylation is 2. The third kappa shape index (κ3) is 6.68.